The van der Waals surface area contributed by atoms with Gasteiger partial charge in [0, 0.05) is 46.2 Å². The van der Waals surface area contributed by atoms with Crippen LogP contribution in [0.4, 0.5) is 4.79 Å². The average molecular weight is 283 g/mol. The van der Waals surface area contributed by atoms with Crippen molar-refractivity contribution < 1.29 is 19.5 Å². The van der Waals surface area contributed by atoms with Crippen molar-refractivity contribution in [1.29, 1.82) is 0 Å². The van der Waals surface area contributed by atoms with E-state index in [1.807, 2.05) is 0 Å². The topological polar surface area (TPSA) is 81.2 Å². The number of amides is 3. The lowest BCUT2D eigenvalue weighted by Crippen LogP contribution is -2.55. The minimum absolute atomic E-state index is 0.0305. The molecule has 1 N–H and O–H groups in total. The summed E-state index contributed by atoms with van der Waals surface area (Å²) in [6, 6.07) is -0.0305. The predicted molar refractivity (Wildman–Crippen MR) is 71.2 cm³/mol. The van der Waals surface area contributed by atoms with Gasteiger partial charge in [0.05, 0.1) is 5.92 Å². The van der Waals surface area contributed by atoms with Crippen molar-refractivity contribution in [1.82, 2.24) is 14.7 Å². The minimum Gasteiger partial charge on any atom is -0.481 e. The van der Waals surface area contributed by atoms with E-state index in [-0.39, 0.29) is 17.9 Å². The molecule has 2 saturated heterocycles. The van der Waals surface area contributed by atoms with E-state index in [0.717, 1.165) is 0 Å². The van der Waals surface area contributed by atoms with E-state index in [9.17, 15) is 14.4 Å². The fourth-order valence-corrected chi connectivity index (χ4v) is 2.73. The quantitative estimate of drug-likeness (QED) is 0.738. The summed E-state index contributed by atoms with van der Waals surface area (Å²) in [4.78, 5) is 39.6. The monoisotopic (exact) mass is 283 g/mol. The zero-order chi connectivity index (χ0) is 14.7. The summed E-state index contributed by atoms with van der Waals surface area (Å²) in [5.41, 5.74) is 0. The number of likely N-dealkylation sites (tertiary alicyclic amines) is 1. The molecule has 7 nitrogen and oxygen atoms in total. The predicted octanol–water partition coefficient (Wildman–Crippen LogP) is 0.0671. The fraction of sp³-hybridized carbons (Fsp3) is 0.769. The zero-order valence-electron chi connectivity index (χ0n) is 11.7. The number of carboxylic acids is 1. The minimum atomic E-state index is -0.771. The highest BCUT2D eigenvalue weighted by molar-refractivity contribution is 5.77. The Hall–Kier alpha value is -1.79. The van der Waals surface area contributed by atoms with E-state index in [0.29, 0.717) is 52.1 Å². The molecule has 2 aliphatic rings. The molecule has 2 aliphatic heterocycles. The summed E-state index contributed by atoms with van der Waals surface area (Å²) in [7, 11) is 0. The molecular weight excluding hydrogens is 262 g/mol. The van der Waals surface area contributed by atoms with Gasteiger partial charge in [-0.25, -0.2) is 4.79 Å². The number of hydrogen-bond donors (Lipinski definition) is 1. The molecule has 0 aromatic heterocycles. The Balaban J connectivity index is 1.81. The fourth-order valence-electron chi connectivity index (χ4n) is 2.73. The molecule has 0 radical (unpaired) electrons. The summed E-state index contributed by atoms with van der Waals surface area (Å²) in [6.07, 6.45) is 1.04. The van der Waals surface area contributed by atoms with E-state index in [4.69, 9.17) is 5.11 Å². The highest BCUT2D eigenvalue weighted by Gasteiger charge is 2.30. The highest BCUT2D eigenvalue weighted by atomic mass is 16.4. The van der Waals surface area contributed by atoms with E-state index in [2.05, 4.69) is 0 Å². The first kappa shape index (κ1) is 14.6. The lowest BCUT2D eigenvalue weighted by atomic mass is 9.97. The molecule has 2 fully saturated rings. The summed E-state index contributed by atoms with van der Waals surface area (Å²) in [6.45, 7) is 4.80. The van der Waals surface area contributed by atoms with Crippen molar-refractivity contribution >= 4 is 17.9 Å². The zero-order valence-corrected chi connectivity index (χ0v) is 11.7. The maximum atomic E-state index is 12.3. The van der Waals surface area contributed by atoms with Gasteiger partial charge < -0.3 is 19.8 Å². The molecular formula is C13H21N3O4. The number of hydrogen-bond acceptors (Lipinski definition) is 3. The summed E-state index contributed by atoms with van der Waals surface area (Å²) < 4.78 is 0. The number of carbonyl (C=O) groups is 3. The normalized spacial score (nSPS) is 20.9. The molecule has 20 heavy (non-hydrogen) atoms. The van der Waals surface area contributed by atoms with Crippen LogP contribution in [0.2, 0.25) is 0 Å². The number of piperazine rings is 1. The lowest BCUT2D eigenvalue weighted by molar-refractivity contribution is -0.143. The van der Waals surface area contributed by atoms with Gasteiger partial charge in [-0.15, -0.1) is 0 Å². The third-order valence-electron chi connectivity index (χ3n) is 4.11. The molecule has 112 valence electrons. The van der Waals surface area contributed by atoms with Gasteiger partial charge in [0.1, 0.15) is 0 Å². The second kappa shape index (κ2) is 6.11. The number of carboxylic acid groups (broad SMARTS) is 1. The molecule has 0 aromatic carbocycles. The van der Waals surface area contributed by atoms with E-state index in [1.54, 1.807) is 14.7 Å². The molecule has 0 aromatic rings. The Morgan fingerprint density at radius 3 is 1.75 bits per heavy atom. The number of carbonyl (C=O) groups excluding carboxylic acids is 2. The number of nitrogens with zero attached hydrogens (tertiary/aromatic N) is 3. The Morgan fingerprint density at radius 2 is 1.30 bits per heavy atom. The van der Waals surface area contributed by atoms with Crippen molar-refractivity contribution in [2.75, 3.05) is 39.3 Å². The molecule has 0 unspecified atom stereocenters. The van der Waals surface area contributed by atoms with Crippen LogP contribution in [0.1, 0.15) is 19.8 Å². The number of rotatable bonds is 1. The molecule has 0 atom stereocenters. The first-order chi connectivity index (χ1) is 9.49. The van der Waals surface area contributed by atoms with Gasteiger partial charge in [-0.1, -0.05) is 0 Å². The molecule has 2 heterocycles. The van der Waals surface area contributed by atoms with Crippen LogP contribution in [0, 0.1) is 5.92 Å². The molecule has 0 bridgehead atoms. The average Bonchev–Trinajstić information content (AvgIpc) is 2.46. The first-order valence-electron chi connectivity index (χ1n) is 7.01. The van der Waals surface area contributed by atoms with Crippen molar-refractivity contribution in [2.45, 2.75) is 19.8 Å². The summed E-state index contributed by atoms with van der Waals surface area (Å²) in [5, 5.41) is 8.94. The molecule has 3 amide bonds. The van der Waals surface area contributed by atoms with Crippen LogP contribution in [0.3, 0.4) is 0 Å². The van der Waals surface area contributed by atoms with Gasteiger partial charge in [-0.3, -0.25) is 9.59 Å². The molecule has 0 aliphatic carbocycles. The largest absolute Gasteiger partial charge is 0.481 e. The summed E-state index contributed by atoms with van der Waals surface area (Å²) in [5.74, 6) is -1.06. The second-order valence-electron chi connectivity index (χ2n) is 5.38. The van der Waals surface area contributed by atoms with E-state index in [1.165, 1.54) is 6.92 Å². The van der Waals surface area contributed by atoms with Crippen LogP contribution in [0.5, 0.6) is 0 Å². The summed E-state index contributed by atoms with van der Waals surface area (Å²) >= 11 is 0. The molecule has 7 heteroatoms. The van der Waals surface area contributed by atoms with Gasteiger partial charge in [-0.2, -0.15) is 0 Å². The van der Waals surface area contributed by atoms with E-state index >= 15 is 0 Å². The van der Waals surface area contributed by atoms with Crippen molar-refractivity contribution in [3.63, 3.8) is 0 Å². The molecule has 0 saturated carbocycles. The van der Waals surface area contributed by atoms with Gasteiger partial charge in [0.15, 0.2) is 0 Å². The molecule has 2 rings (SSSR count). The maximum absolute atomic E-state index is 12.3. The SMILES string of the molecule is CC(=O)N1CCN(C(=O)N2CCC(C(=O)O)CC2)CC1. The van der Waals surface area contributed by atoms with Gasteiger partial charge in [-0.05, 0) is 12.8 Å². The van der Waals surface area contributed by atoms with Crippen LogP contribution in [0.25, 0.3) is 0 Å². The highest BCUT2D eigenvalue weighted by Crippen LogP contribution is 2.19. The van der Waals surface area contributed by atoms with Gasteiger partial charge in [0.25, 0.3) is 0 Å². The van der Waals surface area contributed by atoms with Crippen molar-refractivity contribution in [3.8, 4) is 0 Å². The second-order valence-corrected chi connectivity index (χ2v) is 5.38. The van der Waals surface area contributed by atoms with Gasteiger partial charge >= 0.3 is 12.0 Å². The number of aliphatic carboxylic acids is 1. The standard InChI is InChI=1S/C13H21N3O4/c1-10(17)14-6-8-16(9-7-14)13(20)15-4-2-11(3-5-15)12(18)19/h11H,2-9H2,1H3,(H,18,19). The number of piperidine rings is 1. The van der Waals surface area contributed by atoms with Gasteiger partial charge in [0.2, 0.25) is 5.91 Å². The van der Waals surface area contributed by atoms with E-state index < -0.39 is 5.97 Å². The van der Waals surface area contributed by atoms with Crippen LogP contribution < -0.4 is 0 Å². The Bertz CT molecular complexity index is 360. The van der Waals surface area contributed by atoms with Crippen molar-refractivity contribution in [3.05, 3.63) is 0 Å². The first-order valence-corrected chi connectivity index (χ1v) is 7.01. The smallest absolute Gasteiger partial charge is 0.320 e. The lowest BCUT2D eigenvalue weighted by Gasteiger charge is -2.39. The van der Waals surface area contributed by atoms with Crippen LogP contribution in [-0.4, -0.2) is 77.0 Å². The van der Waals surface area contributed by atoms with Crippen LogP contribution in [0.15, 0.2) is 0 Å². The van der Waals surface area contributed by atoms with Crippen LogP contribution >= 0.6 is 0 Å². The third-order valence-corrected chi connectivity index (χ3v) is 4.11. The number of urea groups is 1. The Labute approximate surface area is 118 Å². The van der Waals surface area contributed by atoms with Crippen molar-refractivity contribution in [2.24, 2.45) is 5.92 Å². The third kappa shape index (κ3) is 3.20. The maximum Gasteiger partial charge on any atom is 0.320 e. The van der Waals surface area contributed by atoms with Crippen LogP contribution in [-0.2, 0) is 9.59 Å². The Morgan fingerprint density at radius 1 is 0.850 bits per heavy atom. The Kier molecular flexibility index (Phi) is 4.46. The molecule has 0 spiro atoms.